The molecule has 0 aromatic carbocycles. The Bertz CT molecular complexity index is 956. The molecule has 3 aromatic heterocycles. The SMILES string of the molecule is CC(C)Cc1ncc(-c2ccc(NC(=O)Nc3cc(C(C)(C)C)on3)nc2)cn1. The van der Waals surface area contributed by atoms with Crippen molar-refractivity contribution in [3.8, 4) is 11.1 Å². The minimum atomic E-state index is -0.444. The number of nitrogens with zero attached hydrogens (tertiary/aromatic N) is 4. The Labute approximate surface area is 170 Å². The van der Waals surface area contributed by atoms with Crippen molar-refractivity contribution in [1.82, 2.24) is 20.1 Å². The van der Waals surface area contributed by atoms with Crippen molar-refractivity contribution >= 4 is 17.7 Å². The van der Waals surface area contributed by atoms with Crippen LogP contribution in [0, 0.1) is 5.92 Å². The lowest BCUT2D eigenvalue weighted by atomic mass is 9.93. The molecule has 0 bridgehead atoms. The lowest BCUT2D eigenvalue weighted by Gasteiger charge is -2.12. The van der Waals surface area contributed by atoms with Gasteiger partial charge in [0.15, 0.2) is 5.82 Å². The van der Waals surface area contributed by atoms with Crippen LogP contribution in [0.2, 0.25) is 0 Å². The molecule has 0 spiro atoms. The fourth-order valence-corrected chi connectivity index (χ4v) is 2.56. The molecule has 0 unspecified atom stereocenters. The second kappa shape index (κ2) is 8.38. The van der Waals surface area contributed by atoms with E-state index in [0.29, 0.717) is 23.3 Å². The molecule has 0 radical (unpaired) electrons. The van der Waals surface area contributed by atoms with Gasteiger partial charge in [-0.15, -0.1) is 0 Å². The number of hydrogen-bond acceptors (Lipinski definition) is 6. The van der Waals surface area contributed by atoms with E-state index in [2.05, 4.69) is 44.6 Å². The summed E-state index contributed by atoms with van der Waals surface area (Å²) in [5.74, 6) is 2.80. The number of carbonyl (C=O) groups is 1. The maximum atomic E-state index is 12.2. The Morgan fingerprint density at radius 1 is 1.00 bits per heavy atom. The molecule has 152 valence electrons. The van der Waals surface area contributed by atoms with E-state index < -0.39 is 6.03 Å². The first kappa shape index (κ1) is 20.4. The van der Waals surface area contributed by atoms with E-state index in [1.807, 2.05) is 26.8 Å². The standard InChI is InChI=1S/C21H26N6O2/c1-13(2)8-18-23-11-15(12-24-18)14-6-7-17(22-10-14)25-20(28)26-19-9-16(29-27-19)21(3,4)5/h6-7,9-13H,8H2,1-5H3,(H2,22,25,26,27,28). The first-order chi connectivity index (χ1) is 13.7. The molecule has 3 heterocycles. The number of carbonyl (C=O) groups excluding carboxylic acids is 1. The largest absolute Gasteiger partial charge is 0.359 e. The minimum absolute atomic E-state index is 0.183. The number of hydrogen-bond donors (Lipinski definition) is 2. The third-order valence-electron chi connectivity index (χ3n) is 4.13. The Hall–Kier alpha value is -3.29. The lowest BCUT2D eigenvalue weighted by molar-refractivity contribution is 0.261. The Balaban J connectivity index is 1.60. The number of anilines is 2. The summed E-state index contributed by atoms with van der Waals surface area (Å²) in [6.45, 7) is 10.3. The van der Waals surface area contributed by atoms with Gasteiger partial charge in [-0.05, 0) is 18.1 Å². The lowest BCUT2D eigenvalue weighted by Crippen LogP contribution is -2.20. The van der Waals surface area contributed by atoms with Crippen molar-refractivity contribution < 1.29 is 9.32 Å². The van der Waals surface area contributed by atoms with Gasteiger partial charge in [0, 0.05) is 47.6 Å². The Kier molecular flexibility index (Phi) is 5.91. The van der Waals surface area contributed by atoms with Crippen molar-refractivity contribution in [2.45, 2.75) is 46.5 Å². The Morgan fingerprint density at radius 2 is 1.66 bits per heavy atom. The van der Waals surface area contributed by atoms with Gasteiger partial charge in [0.25, 0.3) is 0 Å². The number of nitrogens with one attached hydrogen (secondary N) is 2. The average molecular weight is 394 g/mol. The zero-order valence-electron chi connectivity index (χ0n) is 17.4. The highest BCUT2D eigenvalue weighted by Gasteiger charge is 2.20. The number of pyridine rings is 1. The molecule has 0 aliphatic carbocycles. The third-order valence-corrected chi connectivity index (χ3v) is 4.13. The molecule has 0 saturated heterocycles. The second-order valence-corrected chi connectivity index (χ2v) is 8.32. The van der Waals surface area contributed by atoms with Gasteiger partial charge in [-0.1, -0.05) is 39.8 Å². The van der Waals surface area contributed by atoms with Gasteiger partial charge in [0.2, 0.25) is 0 Å². The molecule has 8 nitrogen and oxygen atoms in total. The van der Waals surface area contributed by atoms with Crippen LogP contribution in [0.1, 0.15) is 46.2 Å². The van der Waals surface area contributed by atoms with E-state index in [1.54, 1.807) is 30.7 Å². The van der Waals surface area contributed by atoms with E-state index in [0.717, 1.165) is 23.4 Å². The van der Waals surface area contributed by atoms with Gasteiger partial charge < -0.3 is 4.52 Å². The van der Waals surface area contributed by atoms with Gasteiger partial charge in [0.1, 0.15) is 17.4 Å². The van der Waals surface area contributed by atoms with Crippen LogP contribution in [0.4, 0.5) is 16.4 Å². The quantitative estimate of drug-likeness (QED) is 0.651. The summed E-state index contributed by atoms with van der Waals surface area (Å²) in [4.78, 5) is 25.2. The molecule has 0 aliphatic heterocycles. The van der Waals surface area contributed by atoms with Gasteiger partial charge in [-0.2, -0.15) is 0 Å². The highest BCUT2D eigenvalue weighted by molar-refractivity contribution is 5.98. The van der Waals surface area contributed by atoms with E-state index in [-0.39, 0.29) is 5.41 Å². The van der Waals surface area contributed by atoms with Crippen LogP contribution in [0.25, 0.3) is 11.1 Å². The zero-order chi connectivity index (χ0) is 21.0. The van der Waals surface area contributed by atoms with Gasteiger partial charge in [-0.25, -0.2) is 19.7 Å². The molecule has 29 heavy (non-hydrogen) atoms. The van der Waals surface area contributed by atoms with Crippen LogP contribution in [0.15, 0.2) is 41.3 Å². The third kappa shape index (κ3) is 5.60. The first-order valence-corrected chi connectivity index (χ1v) is 9.53. The number of rotatable bonds is 5. The van der Waals surface area contributed by atoms with Crippen LogP contribution in [0.3, 0.4) is 0 Å². The number of amides is 2. The summed E-state index contributed by atoms with van der Waals surface area (Å²) < 4.78 is 5.25. The van der Waals surface area contributed by atoms with Gasteiger partial charge in [0.05, 0.1) is 0 Å². The summed E-state index contributed by atoms with van der Waals surface area (Å²) in [5.41, 5.74) is 1.56. The molecular weight excluding hydrogens is 368 g/mol. The molecule has 0 fully saturated rings. The highest BCUT2D eigenvalue weighted by atomic mass is 16.5. The predicted octanol–water partition coefficient (Wildman–Crippen LogP) is 4.67. The maximum Gasteiger partial charge on any atom is 0.326 e. The van der Waals surface area contributed by atoms with E-state index in [4.69, 9.17) is 4.52 Å². The normalized spacial score (nSPS) is 11.5. The summed E-state index contributed by atoms with van der Waals surface area (Å²) in [7, 11) is 0. The molecule has 3 aromatic rings. The monoisotopic (exact) mass is 394 g/mol. The molecule has 0 aliphatic rings. The molecule has 2 N–H and O–H groups in total. The van der Waals surface area contributed by atoms with Crippen molar-refractivity contribution in [3.63, 3.8) is 0 Å². The van der Waals surface area contributed by atoms with Crippen LogP contribution in [-0.4, -0.2) is 26.1 Å². The van der Waals surface area contributed by atoms with Crippen molar-refractivity contribution in [1.29, 1.82) is 0 Å². The maximum absolute atomic E-state index is 12.2. The molecule has 8 heteroatoms. The molecule has 0 atom stereocenters. The van der Waals surface area contributed by atoms with Crippen molar-refractivity contribution in [2.24, 2.45) is 5.92 Å². The first-order valence-electron chi connectivity index (χ1n) is 9.53. The van der Waals surface area contributed by atoms with Crippen molar-refractivity contribution in [2.75, 3.05) is 10.6 Å². The fraction of sp³-hybridized carbons (Fsp3) is 0.381. The van der Waals surface area contributed by atoms with Crippen LogP contribution in [-0.2, 0) is 11.8 Å². The number of urea groups is 1. The van der Waals surface area contributed by atoms with Gasteiger partial charge >= 0.3 is 6.03 Å². The zero-order valence-corrected chi connectivity index (χ0v) is 17.4. The topological polar surface area (TPSA) is 106 Å². The van der Waals surface area contributed by atoms with Crippen LogP contribution < -0.4 is 10.6 Å². The summed E-state index contributed by atoms with van der Waals surface area (Å²) in [6, 6.07) is 4.84. The average Bonchev–Trinajstić information content (AvgIpc) is 3.11. The Morgan fingerprint density at radius 3 is 2.21 bits per heavy atom. The van der Waals surface area contributed by atoms with Gasteiger partial charge in [-0.3, -0.25) is 10.6 Å². The second-order valence-electron chi connectivity index (χ2n) is 8.32. The summed E-state index contributed by atoms with van der Waals surface area (Å²) in [5, 5.41) is 9.17. The van der Waals surface area contributed by atoms with E-state index in [9.17, 15) is 4.79 Å². The molecular formula is C21H26N6O2. The van der Waals surface area contributed by atoms with Crippen LogP contribution >= 0.6 is 0 Å². The molecule has 3 rings (SSSR count). The predicted molar refractivity (Wildman–Crippen MR) is 112 cm³/mol. The van der Waals surface area contributed by atoms with E-state index >= 15 is 0 Å². The van der Waals surface area contributed by atoms with Crippen molar-refractivity contribution in [3.05, 3.63) is 48.4 Å². The van der Waals surface area contributed by atoms with Crippen LogP contribution in [0.5, 0.6) is 0 Å². The summed E-state index contributed by atoms with van der Waals surface area (Å²) >= 11 is 0. The minimum Gasteiger partial charge on any atom is -0.359 e. The highest BCUT2D eigenvalue weighted by Crippen LogP contribution is 2.24. The smallest absolute Gasteiger partial charge is 0.326 e. The summed E-state index contributed by atoms with van der Waals surface area (Å²) in [6.07, 6.45) is 6.10. The molecule has 0 saturated carbocycles. The molecule has 2 amide bonds. The van der Waals surface area contributed by atoms with E-state index in [1.165, 1.54) is 0 Å². The number of aromatic nitrogens is 4. The fourth-order valence-electron chi connectivity index (χ4n) is 2.56.